The lowest BCUT2D eigenvalue weighted by Crippen LogP contribution is -2.06. The van der Waals surface area contributed by atoms with Crippen molar-refractivity contribution in [1.82, 2.24) is 0 Å². The van der Waals surface area contributed by atoms with Crippen molar-refractivity contribution < 1.29 is 14.3 Å². The lowest BCUT2D eigenvalue weighted by Gasteiger charge is -1.96. The van der Waals surface area contributed by atoms with E-state index < -0.39 is 16.4 Å². The zero-order valence-corrected chi connectivity index (χ0v) is 6.85. The quantitative estimate of drug-likeness (QED) is 0.618. The Hall–Kier alpha value is -0.540. The first kappa shape index (κ1) is 8.56. The van der Waals surface area contributed by atoms with Crippen molar-refractivity contribution in [2.45, 2.75) is 0 Å². The molecule has 11 heavy (non-hydrogen) atoms. The number of hydrogen-bond acceptors (Lipinski definition) is 3. The second-order valence-corrected chi connectivity index (χ2v) is 2.74. The molecule has 5 heteroatoms. The second kappa shape index (κ2) is 3.24. The van der Waals surface area contributed by atoms with Gasteiger partial charge in [-0.2, -0.15) is 0 Å². The molecule has 0 aromatic carbocycles. The molecule has 0 aromatic rings. The lowest BCUT2D eigenvalue weighted by molar-refractivity contribution is -0.115. The minimum absolute atomic E-state index is 0.00525. The summed E-state index contributed by atoms with van der Waals surface area (Å²) in [5, 5.41) is -1.25. The highest BCUT2D eigenvalue weighted by atomic mass is 35.5. The molecule has 0 amide bonds. The summed E-state index contributed by atoms with van der Waals surface area (Å²) < 4.78 is 4.76. The first-order valence-electron chi connectivity index (χ1n) is 2.85. The highest BCUT2D eigenvalue weighted by Gasteiger charge is 2.25. The monoisotopic (exact) mass is 194 g/mol. The van der Waals surface area contributed by atoms with Crippen molar-refractivity contribution in [1.29, 1.82) is 0 Å². The van der Waals surface area contributed by atoms with E-state index in [1.807, 2.05) is 0 Å². The molecule has 1 unspecified atom stereocenters. The molecule has 0 saturated heterocycles. The average molecular weight is 195 g/mol. The smallest absolute Gasteiger partial charge is 0.286 e. The SMILES string of the molecule is O=C(Cl)C1=CC(C(=O)Cl)CO1. The van der Waals surface area contributed by atoms with E-state index in [9.17, 15) is 9.59 Å². The molecule has 0 radical (unpaired) electrons. The highest BCUT2D eigenvalue weighted by Crippen LogP contribution is 2.19. The number of rotatable bonds is 2. The van der Waals surface area contributed by atoms with Gasteiger partial charge < -0.3 is 4.74 Å². The maximum atomic E-state index is 10.5. The van der Waals surface area contributed by atoms with Crippen molar-refractivity contribution in [3.8, 4) is 0 Å². The second-order valence-electron chi connectivity index (χ2n) is 2.03. The van der Waals surface area contributed by atoms with E-state index in [2.05, 4.69) is 0 Å². The predicted octanol–water partition coefficient (Wildman–Crippen LogP) is 1.05. The summed E-state index contributed by atoms with van der Waals surface area (Å²) in [7, 11) is 0. The van der Waals surface area contributed by atoms with Gasteiger partial charge in [0, 0.05) is 0 Å². The van der Waals surface area contributed by atoms with Gasteiger partial charge in [-0.25, -0.2) is 0 Å². The molecule has 0 bridgehead atoms. The van der Waals surface area contributed by atoms with Crippen LogP contribution in [0.4, 0.5) is 0 Å². The van der Waals surface area contributed by atoms with Crippen molar-refractivity contribution in [3.05, 3.63) is 11.8 Å². The number of carbonyl (C=O) groups excluding carboxylic acids is 2. The number of halogens is 2. The van der Waals surface area contributed by atoms with E-state index in [0.29, 0.717) is 0 Å². The molecule has 60 valence electrons. The van der Waals surface area contributed by atoms with Crippen LogP contribution in [0.15, 0.2) is 11.8 Å². The first-order valence-corrected chi connectivity index (χ1v) is 3.60. The maximum absolute atomic E-state index is 10.5. The molecule has 0 N–H and O–H groups in total. The van der Waals surface area contributed by atoms with Gasteiger partial charge in [0.2, 0.25) is 5.24 Å². The summed E-state index contributed by atoms with van der Waals surface area (Å²) in [6.07, 6.45) is 1.32. The van der Waals surface area contributed by atoms with Gasteiger partial charge >= 0.3 is 0 Å². The summed E-state index contributed by atoms with van der Waals surface area (Å²) in [5.74, 6) is -0.528. The van der Waals surface area contributed by atoms with Gasteiger partial charge in [0.05, 0.1) is 5.92 Å². The van der Waals surface area contributed by atoms with E-state index in [4.69, 9.17) is 27.9 Å². The Morgan fingerprint density at radius 2 is 2.18 bits per heavy atom. The van der Waals surface area contributed by atoms with Crippen LogP contribution in [0.3, 0.4) is 0 Å². The van der Waals surface area contributed by atoms with Crippen molar-refractivity contribution >= 4 is 33.7 Å². The topological polar surface area (TPSA) is 43.4 Å². The van der Waals surface area contributed by atoms with Gasteiger partial charge in [-0.3, -0.25) is 9.59 Å². The molecule has 1 atom stereocenters. The van der Waals surface area contributed by atoms with E-state index >= 15 is 0 Å². The highest BCUT2D eigenvalue weighted by molar-refractivity contribution is 6.67. The zero-order valence-electron chi connectivity index (χ0n) is 5.34. The molecule has 0 aromatic heterocycles. The van der Waals surface area contributed by atoms with Gasteiger partial charge in [0.15, 0.2) is 5.76 Å². The average Bonchev–Trinajstić information content (AvgIpc) is 2.33. The summed E-state index contributed by atoms with van der Waals surface area (Å²) in [4.78, 5) is 20.9. The lowest BCUT2D eigenvalue weighted by atomic mass is 10.2. The minimum atomic E-state index is -0.703. The molecule has 3 nitrogen and oxygen atoms in total. The third-order valence-electron chi connectivity index (χ3n) is 1.26. The summed E-state index contributed by atoms with van der Waals surface area (Å²) in [5.41, 5.74) is 0. The summed E-state index contributed by atoms with van der Waals surface area (Å²) in [6.45, 7) is 0.107. The van der Waals surface area contributed by atoms with E-state index in [1.165, 1.54) is 6.08 Å². The molecular weight excluding hydrogens is 191 g/mol. The molecule has 0 spiro atoms. The number of allylic oxidation sites excluding steroid dienone is 1. The molecular formula is C6H4Cl2O3. The van der Waals surface area contributed by atoms with Gasteiger partial charge in [0.25, 0.3) is 5.24 Å². The van der Waals surface area contributed by atoms with Crippen LogP contribution in [0.1, 0.15) is 0 Å². The van der Waals surface area contributed by atoms with Gasteiger partial charge in [-0.15, -0.1) is 0 Å². The van der Waals surface area contributed by atoms with Crippen LogP contribution in [0.2, 0.25) is 0 Å². The van der Waals surface area contributed by atoms with Crippen LogP contribution in [0, 0.1) is 5.92 Å². The Kier molecular flexibility index (Phi) is 2.52. The van der Waals surface area contributed by atoms with Crippen molar-refractivity contribution in [3.63, 3.8) is 0 Å². The standard InChI is InChI=1S/C6H4Cl2O3/c7-5(9)3-1-4(6(8)10)11-2-3/h1,3H,2H2. The number of ether oxygens (including phenoxy) is 1. The van der Waals surface area contributed by atoms with E-state index in [0.717, 1.165) is 0 Å². The molecule has 1 aliphatic rings. The fourth-order valence-corrected chi connectivity index (χ4v) is 0.955. The Balaban J connectivity index is 2.68. The third kappa shape index (κ3) is 1.94. The van der Waals surface area contributed by atoms with Crippen molar-refractivity contribution in [2.24, 2.45) is 5.92 Å². The van der Waals surface area contributed by atoms with Crippen LogP contribution in [-0.2, 0) is 14.3 Å². The van der Waals surface area contributed by atoms with Gasteiger partial charge in [-0.1, -0.05) is 0 Å². The predicted molar refractivity (Wildman–Crippen MR) is 39.2 cm³/mol. The molecule has 1 heterocycles. The Labute approximate surface area is 72.9 Å². The first-order chi connectivity index (χ1) is 5.11. The van der Waals surface area contributed by atoms with Gasteiger partial charge in [0.1, 0.15) is 6.61 Å². The number of hydrogen-bond donors (Lipinski definition) is 0. The van der Waals surface area contributed by atoms with Crippen LogP contribution >= 0.6 is 23.2 Å². The van der Waals surface area contributed by atoms with Crippen LogP contribution in [0.5, 0.6) is 0 Å². The van der Waals surface area contributed by atoms with Gasteiger partial charge in [-0.05, 0) is 29.3 Å². The van der Waals surface area contributed by atoms with E-state index in [-0.39, 0.29) is 12.4 Å². The number of carbonyl (C=O) groups is 2. The normalized spacial score (nSPS) is 22.4. The zero-order chi connectivity index (χ0) is 8.43. The van der Waals surface area contributed by atoms with Crippen LogP contribution in [-0.4, -0.2) is 17.1 Å². The Morgan fingerprint density at radius 3 is 2.45 bits per heavy atom. The van der Waals surface area contributed by atoms with Crippen molar-refractivity contribution in [2.75, 3.05) is 6.61 Å². The molecule has 1 rings (SSSR count). The maximum Gasteiger partial charge on any atom is 0.286 e. The summed E-state index contributed by atoms with van der Waals surface area (Å²) >= 11 is 10.2. The molecule has 1 aliphatic heterocycles. The third-order valence-corrected chi connectivity index (χ3v) is 1.72. The Bertz CT molecular complexity index is 234. The minimum Gasteiger partial charge on any atom is -0.488 e. The molecule has 0 aliphatic carbocycles. The fourth-order valence-electron chi connectivity index (χ4n) is 0.712. The van der Waals surface area contributed by atoms with Crippen LogP contribution < -0.4 is 0 Å². The van der Waals surface area contributed by atoms with E-state index in [1.54, 1.807) is 0 Å². The largest absolute Gasteiger partial charge is 0.488 e. The molecule has 0 fully saturated rings. The summed E-state index contributed by atoms with van der Waals surface area (Å²) in [6, 6.07) is 0. The molecule has 0 saturated carbocycles. The van der Waals surface area contributed by atoms with Crippen LogP contribution in [0.25, 0.3) is 0 Å². The fraction of sp³-hybridized carbons (Fsp3) is 0.333. The Morgan fingerprint density at radius 1 is 1.55 bits per heavy atom.